The van der Waals surface area contributed by atoms with E-state index in [4.69, 9.17) is 0 Å². The molecule has 0 saturated heterocycles. The van der Waals surface area contributed by atoms with E-state index in [2.05, 4.69) is 37.2 Å². The maximum Gasteiger partial charge on any atom is 0.115 e. The number of aryl methyl sites for hydroxylation is 1. The van der Waals surface area contributed by atoms with Gasteiger partial charge in [-0.25, -0.2) is 4.98 Å². The van der Waals surface area contributed by atoms with E-state index in [-0.39, 0.29) is 5.41 Å². The van der Waals surface area contributed by atoms with Gasteiger partial charge in [0, 0.05) is 5.41 Å². The first-order chi connectivity index (χ1) is 5.00. The van der Waals surface area contributed by atoms with Crippen molar-refractivity contribution in [2.45, 2.75) is 39.7 Å². The minimum absolute atomic E-state index is 0.208. The molecule has 0 saturated carbocycles. The smallest absolute Gasteiger partial charge is 0.115 e. The van der Waals surface area contributed by atoms with Gasteiger partial charge in [-0.15, -0.1) is 0 Å². The van der Waals surface area contributed by atoms with Crippen molar-refractivity contribution in [2.75, 3.05) is 0 Å². The van der Waals surface area contributed by atoms with E-state index < -0.39 is 0 Å². The van der Waals surface area contributed by atoms with Crippen molar-refractivity contribution in [3.05, 3.63) is 17.2 Å². The second-order valence-electron chi connectivity index (χ2n) is 4.30. The maximum atomic E-state index is 4.51. The molecule has 0 atom stereocenters. The molecule has 0 radical (unpaired) electrons. The van der Waals surface area contributed by atoms with Gasteiger partial charge in [-0.1, -0.05) is 20.8 Å². The molecule has 60 valence electrons. The molecule has 1 aliphatic heterocycles. The quantitative estimate of drug-likeness (QED) is 0.560. The average molecular weight is 150 g/mol. The van der Waals surface area contributed by atoms with Gasteiger partial charge < -0.3 is 4.57 Å². The first-order valence-corrected chi connectivity index (χ1v) is 4.06. The Labute approximate surface area is 67.3 Å². The van der Waals surface area contributed by atoms with E-state index in [9.17, 15) is 0 Å². The number of aromatic nitrogens is 2. The molecule has 0 spiro atoms. The summed E-state index contributed by atoms with van der Waals surface area (Å²) < 4.78 is 2.30. The van der Waals surface area contributed by atoms with Gasteiger partial charge in [-0.2, -0.15) is 0 Å². The van der Waals surface area contributed by atoms with Gasteiger partial charge in [0.05, 0.1) is 17.9 Å². The summed E-state index contributed by atoms with van der Waals surface area (Å²) in [5.41, 5.74) is 2.85. The Morgan fingerprint density at radius 2 is 2.00 bits per heavy atom. The summed E-state index contributed by atoms with van der Waals surface area (Å²) in [4.78, 5) is 4.51. The zero-order valence-electron chi connectivity index (χ0n) is 7.60. The molecule has 0 aromatic carbocycles. The highest BCUT2D eigenvalue weighted by molar-refractivity contribution is 5.29. The van der Waals surface area contributed by atoms with Gasteiger partial charge in [0.25, 0.3) is 0 Å². The van der Waals surface area contributed by atoms with Crippen LogP contribution in [0.4, 0.5) is 0 Å². The highest BCUT2D eigenvalue weighted by Gasteiger charge is 2.31. The fourth-order valence-corrected chi connectivity index (χ4v) is 1.48. The van der Waals surface area contributed by atoms with Gasteiger partial charge >= 0.3 is 0 Å². The number of rotatable bonds is 0. The van der Waals surface area contributed by atoms with Crippen LogP contribution in [-0.2, 0) is 12.0 Å². The van der Waals surface area contributed by atoms with Gasteiger partial charge in [0.1, 0.15) is 5.82 Å². The largest absolute Gasteiger partial charge is 0.324 e. The molecule has 0 aliphatic carbocycles. The fraction of sp³-hybridized carbons (Fsp3) is 0.667. The van der Waals surface area contributed by atoms with Crippen molar-refractivity contribution < 1.29 is 0 Å². The molecular weight excluding hydrogens is 136 g/mol. The van der Waals surface area contributed by atoms with Crippen LogP contribution in [0.3, 0.4) is 0 Å². The number of hydrogen-bond donors (Lipinski definition) is 0. The molecule has 0 fully saturated rings. The standard InChI is InChI=1S/C9H14N2/c1-6-7-5-11(7)8(10-6)9(2,3)4/h5H2,1-4H3. The summed E-state index contributed by atoms with van der Waals surface area (Å²) in [5.74, 6) is 1.24. The molecule has 11 heavy (non-hydrogen) atoms. The molecule has 1 aromatic heterocycles. The number of nitrogens with zero attached hydrogens (tertiary/aromatic N) is 2. The first kappa shape index (κ1) is 6.89. The summed E-state index contributed by atoms with van der Waals surface area (Å²) in [5, 5.41) is 0. The first-order valence-electron chi connectivity index (χ1n) is 4.06. The Morgan fingerprint density at radius 1 is 1.36 bits per heavy atom. The molecule has 0 N–H and O–H groups in total. The van der Waals surface area contributed by atoms with E-state index in [1.165, 1.54) is 17.2 Å². The Kier molecular flexibility index (Phi) is 1.05. The number of imidazole rings is 1. The SMILES string of the molecule is Cc1nc(C(C)(C)C)n2c1C2. The normalized spacial score (nSPS) is 14.9. The van der Waals surface area contributed by atoms with Crippen molar-refractivity contribution in [2.24, 2.45) is 0 Å². The number of hydrogen-bond acceptors (Lipinski definition) is 1. The van der Waals surface area contributed by atoms with Crippen LogP contribution in [-0.4, -0.2) is 9.55 Å². The predicted molar refractivity (Wildman–Crippen MR) is 44.8 cm³/mol. The summed E-state index contributed by atoms with van der Waals surface area (Å²) >= 11 is 0. The molecule has 2 heterocycles. The van der Waals surface area contributed by atoms with Crippen LogP contribution in [0.15, 0.2) is 0 Å². The van der Waals surface area contributed by atoms with E-state index in [1.807, 2.05) is 0 Å². The lowest BCUT2D eigenvalue weighted by atomic mass is 9.96. The lowest BCUT2D eigenvalue weighted by Gasteiger charge is -2.15. The van der Waals surface area contributed by atoms with E-state index >= 15 is 0 Å². The third-order valence-corrected chi connectivity index (χ3v) is 2.15. The predicted octanol–water partition coefficient (Wildman–Crippen LogP) is 1.85. The second kappa shape index (κ2) is 1.68. The van der Waals surface area contributed by atoms with Crippen molar-refractivity contribution in [3.8, 4) is 0 Å². The highest BCUT2D eigenvalue weighted by atomic mass is 15.2. The monoisotopic (exact) mass is 150 g/mol. The van der Waals surface area contributed by atoms with Crippen LogP contribution < -0.4 is 0 Å². The fourth-order valence-electron chi connectivity index (χ4n) is 1.48. The zero-order valence-corrected chi connectivity index (χ0v) is 7.60. The summed E-state index contributed by atoms with van der Waals surface area (Å²) in [6.45, 7) is 9.84. The zero-order chi connectivity index (χ0) is 8.22. The molecule has 0 unspecified atom stereocenters. The second-order valence-corrected chi connectivity index (χ2v) is 4.30. The Balaban J connectivity index is 2.49. The van der Waals surface area contributed by atoms with Gasteiger partial charge in [0.2, 0.25) is 0 Å². The topological polar surface area (TPSA) is 17.8 Å². The van der Waals surface area contributed by atoms with E-state index in [0.717, 1.165) is 6.54 Å². The summed E-state index contributed by atoms with van der Waals surface area (Å²) in [6, 6.07) is 0. The van der Waals surface area contributed by atoms with E-state index in [0.29, 0.717) is 0 Å². The van der Waals surface area contributed by atoms with Gasteiger partial charge in [0.15, 0.2) is 0 Å². The molecule has 2 heteroatoms. The Hall–Kier alpha value is -0.790. The highest BCUT2D eigenvalue weighted by Crippen LogP contribution is 2.32. The van der Waals surface area contributed by atoms with Crippen molar-refractivity contribution in [1.29, 1.82) is 0 Å². The molecule has 2 nitrogen and oxygen atoms in total. The van der Waals surface area contributed by atoms with Crippen molar-refractivity contribution in [3.63, 3.8) is 0 Å². The van der Waals surface area contributed by atoms with Gasteiger partial charge in [-0.3, -0.25) is 0 Å². The van der Waals surface area contributed by atoms with Crippen LogP contribution in [0.1, 0.15) is 38.0 Å². The van der Waals surface area contributed by atoms with E-state index in [1.54, 1.807) is 0 Å². The maximum absolute atomic E-state index is 4.51. The minimum atomic E-state index is 0.208. The number of fused-ring (bicyclic) bond motifs is 1. The van der Waals surface area contributed by atoms with Crippen molar-refractivity contribution in [1.82, 2.24) is 9.55 Å². The third-order valence-electron chi connectivity index (χ3n) is 2.15. The van der Waals surface area contributed by atoms with Crippen molar-refractivity contribution >= 4 is 0 Å². The Bertz CT molecular complexity index is 302. The molecule has 2 rings (SSSR count). The van der Waals surface area contributed by atoms with Gasteiger partial charge in [-0.05, 0) is 6.92 Å². The van der Waals surface area contributed by atoms with Crippen LogP contribution in [0, 0.1) is 6.92 Å². The molecule has 0 amide bonds. The molecule has 1 aromatic rings. The third kappa shape index (κ3) is 0.889. The molecular formula is C9H14N2. The van der Waals surface area contributed by atoms with Crippen LogP contribution in [0.2, 0.25) is 0 Å². The summed E-state index contributed by atoms with van der Waals surface area (Å²) in [6.07, 6.45) is 0. The lowest BCUT2D eigenvalue weighted by Crippen LogP contribution is -2.15. The minimum Gasteiger partial charge on any atom is -0.324 e. The Morgan fingerprint density at radius 3 is 2.18 bits per heavy atom. The van der Waals surface area contributed by atoms with Crippen LogP contribution in [0.5, 0.6) is 0 Å². The lowest BCUT2D eigenvalue weighted by molar-refractivity contribution is 0.534. The summed E-state index contributed by atoms with van der Waals surface area (Å²) in [7, 11) is 0. The average Bonchev–Trinajstić information content (AvgIpc) is 2.53. The van der Waals surface area contributed by atoms with Crippen LogP contribution in [0.25, 0.3) is 0 Å². The molecule has 1 aliphatic rings. The van der Waals surface area contributed by atoms with Crippen LogP contribution >= 0.6 is 0 Å². The molecule has 0 bridgehead atoms.